The minimum atomic E-state index is -1.10. The minimum Gasteiger partial charge on any atom is -0.361 e. The van der Waals surface area contributed by atoms with Gasteiger partial charge in [0.1, 0.15) is 12.4 Å². The molecule has 26 heavy (non-hydrogen) atoms. The zero-order chi connectivity index (χ0) is 18.1. The van der Waals surface area contributed by atoms with Crippen LogP contribution in [-0.2, 0) is 11.5 Å². The summed E-state index contributed by atoms with van der Waals surface area (Å²) in [5.74, 6) is 0. The van der Waals surface area contributed by atoms with Crippen molar-refractivity contribution in [2.24, 2.45) is 0 Å². The van der Waals surface area contributed by atoms with Crippen LogP contribution in [0.3, 0.4) is 0 Å². The van der Waals surface area contributed by atoms with Gasteiger partial charge in [0.15, 0.2) is 0 Å². The first-order valence-electron chi connectivity index (χ1n) is 8.83. The summed E-state index contributed by atoms with van der Waals surface area (Å²) in [5, 5.41) is 9.13. The minimum absolute atomic E-state index is 0.484. The van der Waals surface area contributed by atoms with Crippen LogP contribution < -0.4 is 0 Å². The van der Waals surface area contributed by atoms with Crippen molar-refractivity contribution in [2.45, 2.75) is 32.4 Å². The number of pyridine rings is 2. The molecule has 0 radical (unpaired) electrons. The number of aromatic nitrogens is 5. The number of fused-ring (bicyclic) bond motifs is 3. The van der Waals surface area contributed by atoms with E-state index in [0.29, 0.717) is 6.73 Å². The van der Waals surface area contributed by atoms with E-state index in [2.05, 4.69) is 45.5 Å². The number of ether oxygens (including phenoxy) is 1. The van der Waals surface area contributed by atoms with Gasteiger partial charge in [0.2, 0.25) is 0 Å². The fourth-order valence-corrected chi connectivity index (χ4v) is 3.78. The van der Waals surface area contributed by atoms with Gasteiger partial charge in [-0.05, 0) is 24.2 Å². The first-order valence-corrected chi connectivity index (χ1v) is 12.5. The fourth-order valence-electron chi connectivity index (χ4n) is 3.02. The Morgan fingerprint density at radius 1 is 1.12 bits per heavy atom. The lowest BCUT2D eigenvalue weighted by Gasteiger charge is -2.16. The summed E-state index contributed by atoms with van der Waals surface area (Å²) < 4.78 is 8.13. The van der Waals surface area contributed by atoms with Crippen LogP contribution in [0.15, 0.2) is 43.0 Å². The lowest BCUT2D eigenvalue weighted by molar-refractivity contribution is 0.0925. The van der Waals surface area contributed by atoms with Crippen molar-refractivity contribution in [3.63, 3.8) is 0 Å². The van der Waals surface area contributed by atoms with Gasteiger partial charge in [-0.25, -0.2) is 4.98 Å². The van der Waals surface area contributed by atoms with E-state index in [4.69, 9.17) is 9.72 Å². The Labute approximate surface area is 153 Å². The molecule has 1 N–H and O–H groups in total. The highest BCUT2D eigenvalue weighted by Crippen LogP contribution is 2.29. The molecule has 134 valence electrons. The van der Waals surface area contributed by atoms with Crippen molar-refractivity contribution in [1.82, 2.24) is 24.7 Å². The van der Waals surface area contributed by atoms with Crippen molar-refractivity contribution in [2.75, 3.05) is 6.61 Å². The third kappa shape index (κ3) is 3.27. The topological polar surface area (TPSA) is 68.6 Å². The highest BCUT2D eigenvalue weighted by Gasteiger charge is 2.15. The Hall–Kier alpha value is -2.51. The van der Waals surface area contributed by atoms with Gasteiger partial charge in [-0.3, -0.25) is 14.6 Å². The average molecular weight is 366 g/mol. The van der Waals surface area contributed by atoms with Gasteiger partial charge in [-0.2, -0.15) is 5.10 Å². The van der Waals surface area contributed by atoms with Crippen LogP contribution in [-0.4, -0.2) is 39.4 Å². The maximum atomic E-state index is 6.01. The Bertz CT molecular complexity index is 1030. The molecule has 4 aromatic heterocycles. The summed E-state index contributed by atoms with van der Waals surface area (Å²) in [6.45, 7) is 8.34. The van der Waals surface area contributed by atoms with E-state index in [1.54, 1.807) is 6.20 Å². The Balaban J connectivity index is 1.74. The zero-order valence-corrected chi connectivity index (χ0v) is 16.4. The van der Waals surface area contributed by atoms with Crippen molar-refractivity contribution >= 4 is 30.0 Å². The van der Waals surface area contributed by atoms with Crippen molar-refractivity contribution in [3.05, 3.63) is 43.0 Å². The van der Waals surface area contributed by atoms with E-state index in [0.717, 1.165) is 45.8 Å². The van der Waals surface area contributed by atoms with Crippen LogP contribution >= 0.6 is 0 Å². The zero-order valence-electron chi connectivity index (χ0n) is 15.4. The first-order chi connectivity index (χ1) is 12.5. The summed E-state index contributed by atoms with van der Waals surface area (Å²) in [6, 6.07) is 7.33. The van der Waals surface area contributed by atoms with Gasteiger partial charge in [0, 0.05) is 43.4 Å². The van der Waals surface area contributed by atoms with Crippen molar-refractivity contribution in [1.29, 1.82) is 0 Å². The number of nitrogens with zero attached hydrogens (tertiary/aromatic N) is 4. The molecule has 0 atom stereocenters. The largest absolute Gasteiger partial charge is 0.361 e. The van der Waals surface area contributed by atoms with Gasteiger partial charge in [0.25, 0.3) is 0 Å². The molecule has 0 saturated heterocycles. The highest BCUT2D eigenvalue weighted by atomic mass is 28.3. The normalized spacial score (nSPS) is 12.3. The molecule has 4 heterocycles. The second kappa shape index (κ2) is 6.66. The summed E-state index contributed by atoms with van der Waals surface area (Å²) >= 11 is 0. The molecule has 7 heteroatoms. The SMILES string of the molecule is C[Si](C)(C)CCOCn1c2cnccc2c2ccc(-c3cn[nH]c3)nc21. The quantitative estimate of drug-likeness (QED) is 0.409. The van der Waals surface area contributed by atoms with Crippen LogP contribution in [0.4, 0.5) is 0 Å². The van der Waals surface area contributed by atoms with Gasteiger partial charge in [0.05, 0.1) is 23.6 Å². The third-order valence-electron chi connectivity index (χ3n) is 4.52. The van der Waals surface area contributed by atoms with E-state index < -0.39 is 8.07 Å². The van der Waals surface area contributed by atoms with Gasteiger partial charge >= 0.3 is 0 Å². The van der Waals surface area contributed by atoms with Gasteiger partial charge in [-0.1, -0.05) is 19.6 Å². The smallest absolute Gasteiger partial charge is 0.143 e. The number of nitrogens with one attached hydrogen (secondary N) is 1. The van der Waals surface area contributed by atoms with E-state index in [9.17, 15) is 0 Å². The molecule has 0 aliphatic rings. The first kappa shape index (κ1) is 16.9. The predicted molar refractivity (Wildman–Crippen MR) is 107 cm³/mol. The van der Waals surface area contributed by atoms with E-state index in [1.807, 2.05) is 30.7 Å². The predicted octanol–water partition coefficient (Wildman–Crippen LogP) is 4.29. The van der Waals surface area contributed by atoms with Crippen molar-refractivity contribution < 1.29 is 4.74 Å². The number of aromatic amines is 1. The average Bonchev–Trinajstić information content (AvgIpc) is 3.24. The second-order valence-corrected chi connectivity index (χ2v) is 13.3. The Morgan fingerprint density at radius 2 is 2.00 bits per heavy atom. The maximum absolute atomic E-state index is 6.01. The molecule has 4 aromatic rings. The van der Waals surface area contributed by atoms with Crippen molar-refractivity contribution in [3.8, 4) is 11.3 Å². The molecule has 0 amide bonds. The Kier molecular flexibility index (Phi) is 4.34. The van der Waals surface area contributed by atoms with Crippen LogP contribution in [0.2, 0.25) is 25.7 Å². The number of rotatable bonds is 6. The van der Waals surface area contributed by atoms with E-state index in [1.165, 1.54) is 0 Å². The molecule has 0 spiro atoms. The number of hydrogen-bond donors (Lipinski definition) is 1. The molecule has 0 bridgehead atoms. The molecule has 0 aromatic carbocycles. The molecule has 0 aliphatic carbocycles. The summed E-state index contributed by atoms with van der Waals surface area (Å²) in [5.41, 5.74) is 3.83. The number of H-pyrrole nitrogens is 1. The van der Waals surface area contributed by atoms with E-state index in [-0.39, 0.29) is 0 Å². The molecule has 0 unspecified atom stereocenters. The molecule has 6 nitrogen and oxygen atoms in total. The third-order valence-corrected chi connectivity index (χ3v) is 6.23. The lowest BCUT2D eigenvalue weighted by Crippen LogP contribution is -2.22. The van der Waals surface area contributed by atoms with Crippen LogP contribution in [0, 0.1) is 0 Å². The summed E-state index contributed by atoms with van der Waals surface area (Å²) in [4.78, 5) is 9.18. The molecular formula is C19H23N5OSi. The van der Waals surface area contributed by atoms with Gasteiger partial charge < -0.3 is 4.74 Å². The molecule has 0 saturated carbocycles. The van der Waals surface area contributed by atoms with Crippen LogP contribution in [0.25, 0.3) is 33.2 Å². The van der Waals surface area contributed by atoms with Crippen LogP contribution in [0.5, 0.6) is 0 Å². The molecule has 0 aliphatic heterocycles. The molecule has 4 rings (SSSR count). The monoisotopic (exact) mass is 365 g/mol. The van der Waals surface area contributed by atoms with E-state index >= 15 is 0 Å². The fraction of sp³-hybridized carbons (Fsp3) is 0.316. The maximum Gasteiger partial charge on any atom is 0.143 e. The summed E-state index contributed by atoms with van der Waals surface area (Å²) in [7, 11) is -1.10. The standard InChI is InChI=1S/C19H23N5OSi/c1-26(2,3)9-8-25-13-24-18-12-20-7-6-15(18)16-4-5-17(23-19(16)24)14-10-21-22-11-14/h4-7,10-12H,8-9,13H2,1-3H3,(H,21,22). The lowest BCUT2D eigenvalue weighted by atomic mass is 10.2. The number of hydrogen-bond acceptors (Lipinski definition) is 4. The molecular weight excluding hydrogens is 342 g/mol. The second-order valence-electron chi connectivity index (χ2n) is 7.72. The summed E-state index contributed by atoms with van der Waals surface area (Å²) in [6.07, 6.45) is 7.35. The highest BCUT2D eigenvalue weighted by molar-refractivity contribution is 6.76. The Morgan fingerprint density at radius 3 is 2.77 bits per heavy atom. The van der Waals surface area contributed by atoms with Gasteiger partial charge in [-0.15, -0.1) is 0 Å². The van der Waals surface area contributed by atoms with Crippen LogP contribution in [0.1, 0.15) is 0 Å². The molecule has 0 fully saturated rings.